The van der Waals surface area contributed by atoms with Gasteiger partial charge in [-0.1, -0.05) is 24.3 Å². The number of rotatable bonds is 3. The van der Waals surface area contributed by atoms with Gasteiger partial charge in [0.1, 0.15) is 12.4 Å². The second kappa shape index (κ2) is 5.34. The zero-order valence-corrected chi connectivity index (χ0v) is 10.1. The summed E-state index contributed by atoms with van der Waals surface area (Å²) in [6, 6.07) is 6.12. The molecular weight excluding hydrogens is 212 g/mol. The van der Waals surface area contributed by atoms with Gasteiger partial charge in [-0.25, -0.2) is 0 Å². The van der Waals surface area contributed by atoms with E-state index in [0.29, 0.717) is 6.61 Å². The van der Waals surface area contributed by atoms with Crippen molar-refractivity contribution in [2.75, 3.05) is 20.7 Å². The average Bonchev–Trinajstić information content (AvgIpc) is 2.34. The molecule has 0 unspecified atom stereocenters. The van der Waals surface area contributed by atoms with E-state index in [1.165, 1.54) is 0 Å². The van der Waals surface area contributed by atoms with Crippen LogP contribution in [0.15, 0.2) is 35.5 Å². The molecule has 0 aromatic heterocycles. The number of nitrogens with zero attached hydrogens (tertiary/aromatic N) is 2. The van der Waals surface area contributed by atoms with Gasteiger partial charge in [-0.2, -0.15) is 5.10 Å². The maximum absolute atomic E-state index is 5.64. The zero-order chi connectivity index (χ0) is 12.1. The Hall–Kier alpha value is -2.03. The van der Waals surface area contributed by atoms with E-state index in [4.69, 9.17) is 4.74 Å². The topological polar surface area (TPSA) is 24.8 Å². The quantitative estimate of drug-likeness (QED) is 0.587. The van der Waals surface area contributed by atoms with E-state index in [0.717, 1.165) is 16.9 Å². The Kier molecular flexibility index (Phi) is 3.60. The molecule has 0 aliphatic carbocycles. The van der Waals surface area contributed by atoms with Crippen LogP contribution in [0.4, 0.5) is 0 Å². The van der Waals surface area contributed by atoms with Crippen LogP contribution in [-0.2, 0) is 0 Å². The Balaban J connectivity index is 2.19. The van der Waals surface area contributed by atoms with Crippen LogP contribution >= 0.6 is 0 Å². The highest BCUT2D eigenvalue weighted by Crippen LogP contribution is 2.28. The van der Waals surface area contributed by atoms with Crippen LogP contribution in [0.2, 0.25) is 0 Å². The van der Waals surface area contributed by atoms with Gasteiger partial charge >= 0.3 is 0 Å². The third-order valence-corrected chi connectivity index (χ3v) is 2.36. The predicted molar refractivity (Wildman–Crippen MR) is 72.2 cm³/mol. The van der Waals surface area contributed by atoms with E-state index in [9.17, 15) is 0 Å². The second-order valence-corrected chi connectivity index (χ2v) is 3.95. The Morgan fingerprint density at radius 1 is 1.35 bits per heavy atom. The van der Waals surface area contributed by atoms with Crippen molar-refractivity contribution in [3.05, 3.63) is 41.5 Å². The molecule has 17 heavy (non-hydrogen) atoms. The summed E-state index contributed by atoms with van der Waals surface area (Å²) < 4.78 is 5.64. The summed E-state index contributed by atoms with van der Waals surface area (Å²) in [5.74, 6) is 0.949. The molecule has 0 saturated carbocycles. The summed E-state index contributed by atoms with van der Waals surface area (Å²) in [6.07, 6.45) is 9.79. The van der Waals surface area contributed by atoms with Crippen LogP contribution in [0.5, 0.6) is 5.75 Å². The summed E-state index contributed by atoms with van der Waals surface area (Å²) in [5.41, 5.74) is 2.21. The van der Waals surface area contributed by atoms with Crippen molar-refractivity contribution in [1.82, 2.24) is 5.01 Å². The predicted octanol–water partition coefficient (Wildman–Crippen LogP) is 2.65. The monoisotopic (exact) mass is 228 g/mol. The van der Waals surface area contributed by atoms with E-state index in [1.807, 2.05) is 44.5 Å². The van der Waals surface area contributed by atoms with Gasteiger partial charge in [0.25, 0.3) is 0 Å². The molecule has 2 rings (SSSR count). The first kappa shape index (κ1) is 11.5. The lowest BCUT2D eigenvalue weighted by atomic mass is 10.1. The fraction of sp³-hybridized carbons (Fsp3) is 0.214. The summed E-state index contributed by atoms with van der Waals surface area (Å²) in [4.78, 5) is 0. The number of hydrogen-bond acceptors (Lipinski definition) is 3. The van der Waals surface area contributed by atoms with Crippen molar-refractivity contribution in [1.29, 1.82) is 0 Å². The number of benzene rings is 1. The van der Waals surface area contributed by atoms with Crippen molar-refractivity contribution < 1.29 is 4.74 Å². The number of para-hydroxylation sites is 1. The lowest BCUT2D eigenvalue weighted by molar-refractivity contribution is 0.358. The maximum Gasteiger partial charge on any atom is 0.134 e. The molecule has 1 aliphatic heterocycles. The highest BCUT2D eigenvalue weighted by Gasteiger charge is 2.07. The number of hydrogen-bond donors (Lipinski definition) is 0. The van der Waals surface area contributed by atoms with Crippen molar-refractivity contribution >= 4 is 18.4 Å². The molecular formula is C14H16N2O. The molecule has 1 aromatic carbocycles. The third kappa shape index (κ3) is 2.97. The van der Waals surface area contributed by atoms with Gasteiger partial charge in [0, 0.05) is 31.4 Å². The number of hydrazone groups is 1. The minimum atomic E-state index is 0.643. The molecule has 0 saturated heterocycles. The van der Waals surface area contributed by atoms with E-state index in [-0.39, 0.29) is 0 Å². The van der Waals surface area contributed by atoms with E-state index in [1.54, 1.807) is 11.2 Å². The van der Waals surface area contributed by atoms with Gasteiger partial charge in [-0.3, -0.25) is 0 Å². The molecule has 0 fully saturated rings. The van der Waals surface area contributed by atoms with E-state index < -0.39 is 0 Å². The van der Waals surface area contributed by atoms with Crippen LogP contribution in [0.3, 0.4) is 0 Å². The molecule has 3 heteroatoms. The molecule has 0 N–H and O–H groups in total. The first-order chi connectivity index (χ1) is 8.27. The lowest BCUT2D eigenvalue weighted by Gasteiger charge is -2.14. The first-order valence-corrected chi connectivity index (χ1v) is 5.58. The number of ether oxygens (including phenoxy) is 1. The van der Waals surface area contributed by atoms with E-state index in [2.05, 4.69) is 17.2 Å². The Morgan fingerprint density at radius 2 is 2.24 bits per heavy atom. The van der Waals surface area contributed by atoms with Gasteiger partial charge in [0.2, 0.25) is 0 Å². The summed E-state index contributed by atoms with van der Waals surface area (Å²) in [6.45, 7) is 0.643. The van der Waals surface area contributed by atoms with Crippen LogP contribution < -0.4 is 4.74 Å². The highest BCUT2D eigenvalue weighted by atomic mass is 16.5. The van der Waals surface area contributed by atoms with Gasteiger partial charge in [-0.15, -0.1) is 0 Å². The zero-order valence-electron chi connectivity index (χ0n) is 10.1. The molecule has 0 spiro atoms. The Labute approximate surface area is 102 Å². The number of allylic oxidation sites excluding steroid dienone is 1. The summed E-state index contributed by atoms with van der Waals surface area (Å²) >= 11 is 0. The van der Waals surface area contributed by atoms with Gasteiger partial charge in [0.05, 0.1) is 0 Å². The Morgan fingerprint density at radius 3 is 3.06 bits per heavy atom. The minimum absolute atomic E-state index is 0.643. The van der Waals surface area contributed by atoms with Crippen molar-refractivity contribution in [3.63, 3.8) is 0 Å². The van der Waals surface area contributed by atoms with Gasteiger partial charge in [-0.05, 0) is 18.2 Å². The van der Waals surface area contributed by atoms with E-state index >= 15 is 0 Å². The van der Waals surface area contributed by atoms with Gasteiger partial charge in [0.15, 0.2) is 0 Å². The van der Waals surface area contributed by atoms with Gasteiger partial charge < -0.3 is 9.75 Å². The summed E-state index contributed by atoms with van der Waals surface area (Å²) in [7, 11) is 3.78. The largest absolute Gasteiger partial charge is 0.488 e. The SMILES string of the molecule is CN(C)/N=C/C=C/c1cccc2c1OCC=C2. The number of fused-ring (bicyclic) bond motifs is 1. The lowest BCUT2D eigenvalue weighted by Crippen LogP contribution is -2.02. The first-order valence-electron chi connectivity index (χ1n) is 5.58. The second-order valence-electron chi connectivity index (χ2n) is 3.95. The molecule has 1 heterocycles. The van der Waals surface area contributed by atoms with Crippen molar-refractivity contribution in [3.8, 4) is 5.75 Å². The average molecular weight is 228 g/mol. The summed E-state index contributed by atoms with van der Waals surface area (Å²) in [5, 5.41) is 5.87. The molecule has 1 aliphatic rings. The van der Waals surface area contributed by atoms with Crippen LogP contribution in [0.25, 0.3) is 12.2 Å². The maximum atomic E-state index is 5.64. The third-order valence-electron chi connectivity index (χ3n) is 2.36. The highest BCUT2D eigenvalue weighted by molar-refractivity contribution is 5.80. The van der Waals surface area contributed by atoms with Crippen LogP contribution in [-0.4, -0.2) is 31.9 Å². The van der Waals surface area contributed by atoms with Crippen molar-refractivity contribution in [2.45, 2.75) is 0 Å². The van der Waals surface area contributed by atoms with Crippen LogP contribution in [0, 0.1) is 0 Å². The molecule has 3 nitrogen and oxygen atoms in total. The Bertz CT molecular complexity index is 473. The normalized spacial score (nSPS) is 14.0. The molecule has 0 amide bonds. The molecule has 0 bridgehead atoms. The van der Waals surface area contributed by atoms with Crippen molar-refractivity contribution in [2.24, 2.45) is 5.10 Å². The fourth-order valence-electron chi connectivity index (χ4n) is 1.63. The molecule has 88 valence electrons. The molecule has 0 radical (unpaired) electrons. The fourth-order valence-corrected chi connectivity index (χ4v) is 1.63. The molecule has 0 atom stereocenters. The minimum Gasteiger partial charge on any atom is -0.488 e. The molecule has 1 aromatic rings. The standard InChI is InChI=1S/C14H16N2O/c1-16(2)15-10-4-8-12-6-3-7-13-9-5-11-17-14(12)13/h3-10H,11H2,1-2H3/b8-4+,15-10+. The van der Waals surface area contributed by atoms with Crippen LogP contribution in [0.1, 0.15) is 11.1 Å². The smallest absolute Gasteiger partial charge is 0.134 e.